The number of dihydropyridines is 1. The molecule has 27 heavy (non-hydrogen) atoms. The summed E-state index contributed by atoms with van der Waals surface area (Å²) in [6.45, 7) is 8.44. The van der Waals surface area contributed by atoms with E-state index < -0.39 is 0 Å². The van der Waals surface area contributed by atoms with Crippen molar-refractivity contribution in [2.24, 2.45) is 10.8 Å². The first-order valence-corrected chi connectivity index (χ1v) is 9.65. The summed E-state index contributed by atoms with van der Waals surface area (Å²) >= 11 is 0. The molecule has 0 unspecified atom stereocenters. The van der Waals surface area contributed by atoms with E-state index in [0.29, 0.717) is 24.0 Å². The zero-order valence-electron chi connectivity index (χ0n) is 16.5. The molecule has 142 valence electrons. The Bertz CT molecular complexity index is 865. The van der Waals surface area contributed by atoms with Crippen LogP contribution < -0.4 is 5.32 Å². The van der Waals surface area contributed by atoms with Crippen LogP contribution in [0.5, 0.6) is 5.75 Å². The van der Waals surface area contributed by atoms with Crippen molar-refractivity contribution in [1.29, 1.82) is 0 Å². The lowest BCUT2D eigenvalue weighted by atomic mass is 9.64. The predicted molar refractivity (Wildman–Crippen MR) is 104 cm³/mol. The van der Waals surface area contributed by atoms with Gasteiger partial charge in [-0.15, -0.1) is 0 Å². The monoisotopic (exact) mass is 365 g/mol. The number of ketones is 2. The number of nitrogens with one attached hydrogen (secondary N) is 1. The second-order valence-corrected chi connectivity index (χ2v) is 9.82. The summed E-state index contributed by atoms with van der Waals surface area (Å²) in [6.07, 6.45) is 2.53. The van der Waals surface area contributed by atoms with E-state index >= 15 is 0 Å². The van der Waals surface area contributed by atoms with Crippen molar-refractivity contribution in [3.63, 3.8) is 0 Å². The average Bonchev–Trinajstić information content (AvgIpc) is 2.50. The molecule has 0 bridgehead atoms. The molecule has 0 saturated heterocycles. The van der Waals surface area contributed by atoms with Crippen LogP contribution in [0.3, 0.4) is 0 Å². The Hall–Kier alpha value is -2.36. The fourth-order valence-corrected chi connectivity index (χ4v) is 4.93. The SMILES string of the molecule is CC1(C)CC(=O)C2=C(C1)NC1=C(C(=O)CC(C)(C)C1)C2c1cccc(O)c1. The number of benzene rings is 1. The third-order valence-corrected chi connectivity index (χ3v) is 5.92. The molecule has 1 heterocycles. The molecule has 0 radical (unpaired) electrons. The van der Waals surface area contributed by atoms with Gasteiger partial charge in [0, 0.05) is 41.3 Å². The maximum atomic E-state index is 13.1. The zero-order valence-corrected chi connectivity index (χ0v) is 16.5. The van der Waals surface area contributed by atoms with Crippen molar-refractivity contribution in [3.05, 3.63) is 52.4 Å². The normalized spacial score (nSPS) is 24.4. The molecule has 0 amide bonds. The van der Waals surface area contributed by atoms with Crippen molar-refractivity contribution in [2.75, 3.05) is 0 Å². The molecule has 1 aromatic rings. The number of carbonyl (C=O) groups is 2. The number of allylic oxidation sites excluding steroid dienone is 4. The molecular formula is C23H27NO3. The van der Waals surface area contributed by atoms with E-state index in [1.165, 1.54) is 0 Å². The van der Waals surface area contributed by atoms with Crippen LogP contribution in [-0.2, 0) is 9.59 Å². The highest BCUT2D eigenvalue weighted by molar-refractivity contribution is 6.06. The molecular weight excluding hydrogens is 338 g/mol. The Labute approximate surface area is 160 Å². The van der Waals surface area contributed by atoms with Crippen LogP contribution in [0.2, 0.25) is 0 Å². The number of hydrogen-bond donors (Lipinski definition) is 2. The molecule has 4 rings (SSSR count). The van der Waals surface area contributed by atoms with Gasteiger partial charge in [-0.1, -0.05) is 39.8 Å². The van der Waals surface area contributed by atoms with Gasteiger partial charge in [0.05, 0.1) is 0 Å². The Balaban J connectivity index is 1.92. The number of phenols is 1. The Morgan fingerprint density at radius 3 is 1.89 bits per heavy atom. The van der Waals surface area contributed by atoms with Crippen molar-refractivity contribution in [2.45, 2.75) is 59.3 Å². The van der Waals surface area contributed by atoms with Gasteiger partial charge in [0.2, 0.25) is 0 Å². The van der Waals surface area contributed by atoms with E-state index in [1.807, 2.05) is 6.07 Å². The molecule has 0 atom stereocenters. The quantitative estimate of drug-likeness (QED) is 0.776. The van der Waals surface area contributed by atoms with E-state index in [-0.39, 0.29) is 34.1 Å². The fraction of sp³-hybridized carbons (Fsp3) is 0.478. The maximum absolute atomic E-state index is 13.1. The van der Waals surface area contributed by atoms with Crippen molar-refractivity contribution >= 4 is 11.6 Å². The van der Waals surface area contributed by atoms with Crippen LogP contribution in [0.4, 0.5) is 0 Å². The minimum absolute atomic E-state index is 0.0987. The summed E-state index contributed by atoms with van der Waals surface area (Å²) in [5, 5.41) is 13.5. The van der Waals surface area contributed by atoms with E-state index in [0.717, 1.165) is 29.8 Å². The molecule has 2 N–H and O–H groups in total. The standard InChI is InChI=1S/C23H27NO3/c1-22(2)9-15-20(17(26)11-22)19(13-6-5-7-14(25)8-13)21-16(24-15)10-23(3,4)12-18(21)27/h5-8,19,24-25H,9-12H2,1-4H3. The van der Waals surface area contributed by atoms with Gasteiger partial charge in [-0.2, -0.15) is 0 Å². The smallest absolute Gasteiger partial charge is 0.162 e. The van der Waals surface area contributed by atoms with Gasteiger partial charge in [-0.25, -0.2) is 0 Å². The van der Waals surface area contributed by atoms with Crippen LogP contribution >= 0.6 is 0 Å². The molecule has 4 nitrogen and oxygen atoms in total. The van der Waals surface area contributed by atoms with E-state index in [2.05, 4.69) is 33.0 Å². The maximum Gasteiger partial charge on any atom is 0.162 e. The minimum Gasteiger partial charge on any atom is -0.508 e. The topological polar surface area (TPSA) is 66.4 Å². The number of Topliss-reactive ketones (excluding diaryl/α,β-unsaturated/α-hetero) is 2. The first-order chi connectivity index (χ1) is 12.6. The summed E-state index contributed by atoms with van der Waals surface area (Å²) in [5.74, 6) is -0.0180. The zero-order chi connectivity index (χ0) is 19.6. The van der Waals surface area contributed by atoms with Gasteiger partial charge in [0.25, 0.3) is 0 Å². The van der Waals surface area contributed by atoms with Crippen molar-refractivity contribution < 1.29 is 14.7 Å². The first-order valence-electron chi connectivity index (χ1n) is 9.65. The van der Waals surface area contributed by atoms with Crippen LogP contribution in [0.25, 0.3) is 0 Å². The lowest BCUT2D eigenvalue weighted by Crippen LogP contribution is -2.42. The molecule has 1 aliphatic heterocycles. The summed E-state index contributed by atoms with van der Waals surface area (Å²) in [6, 6.07) is 6.99. The highest BCUT2D eigenvalue weighted by atomic mass is 16.3. The highest BCUT2D eigenvalue weighted by Gasteiger charge is 2.46. The van der Waals surface area contributed by atoms with E-state index in [4.69, 9.17) is 0 Å². The molecule has 2 aliphatic carbocycles. The van der Waals surface area contributed by atoms with Crippen molar-refractivity contribution in [1.82, 2.24) is 5.32 Å². The third kappa shape index (κ3) is 3.11. The summed E-state index contributed by atoms with van der Waals surface area (Å²) in [7, 11) is 0. The third-order valence-electron chi connectivity index (χ3n) is 5.92. The van der Waals surface area contributed by atoms with Crippen molar-refractivity contribution in [3.8, 4) is 5.75 Å². The molecule has 0 aromatic heterocycles. The fourth-order valence-electron chi connectivity index (χ4n) is 4.93. The van der Waals surface area contributed by atoms with Gasteiger partial charge in [0.15, 0.2) is 11.6 Å². The second-order valence-electron chi connectivity index (χ2n) is 9.82. The lowest BCUT2D eigenvalue weighted by Gasteiger charge is -2.44. The molecule has 0 saturated carbocycles. The van der Waals surface area contributed by atoms with Gasteiger partial charge >= 0.3 is 0 Å². The van der Waals surface area contributed by atoms with Crippen LogP contribution in [-0.4, -0.2) is 16.7 Å². The summed E-state index contributed by atoms with van der Waals surface area (Å²) in [5.41, 5.74) is 3.95. The highest BCUT2D eigenvalue weighted by Crippen LogP contribution is 2.51. The number of aromatic hydroxyl groups is 1. The predicted octanol–water partition coefficient (Wildman–Crippen LogP) is 4.37. The van der Waals surface area contributed by atoms with Gasteiger partial charge in [-0.05, 0) is 41.4 Å². The molecule has 4 heteroatoms. The molecule has 0 fully saturated rings. The number of rotatable bonds is 1. The van der Waals surface area contributed by atoms with Gasteiger partial charge in [-0.3, -0.25) is 9.59 Å². The van der Waals surface area contributed by atoms with Crippen LogP contribution in [0.15, 0.2) is 46.8 Å². The Kier molecular flexibility index (Phi) is 3.88. The summed E-state index contributed by atoms with van der Waals surface area (Å²) in [4.78, 5) is 26.3. The molecule has 1 aromatic carbocycles. The van der Waals surface area contributed by atoms with Crippen LogP contribution in [0, 0.1) is 10.8 Å². The summed E-state index contributed by atoms with van der Waals surface area (Å²) < 4.78 is 0. The largest absolute Gasteiger partial charge is 0.508 e. The van der Waals surface area contributed by atoms with E-state index in [9.17, 15) is 14.7 Å². The molecule has 3 aliphatic rings. The van der Waals surface area contributed by atoms with Crippen LogP contribution in [0.1, 0.15) is 64.9 Å². The number of phenolic OH excluding ortho intramolecular Hbond substituents is 1. The molecule has 0 spiro atoms. The Morgan fingerprint density at radius 2 is 1.41 bits per heavy atom. The van der Waals surface area contributed by atoms with Gasteiger partial charge < -0.3 is 10.4 Å². The minimum atomic E-state index is -0.379. The number of hydrogen-bond acceptors (Lipinski definition) is 4. The number of carbonyl (C=O) groups excluding carboxylic acids is 2. The first kappa shape index (κ1) is 18.0. The second kappa shape index (κ2) is 5.82. The van der Waals surface area contributed by atoms with E-state index in [1.54, 1.807) is 18.2 Å². The Morgan fingerprint density at radius 1 is 0.889 bits per heavy atom. The van der Waals surface area contributed by atoms with Gasteiger partial charge in [0.1, 0.15) is 5.75 Å². The lowest BCUT2D eigenvalue weighted by molar-refractivity contribution is -0.119. The average molecular weight is 365 g/mol.